The number of amides is 1. The summed E-state index contributed by atoms with van der Waals surface area (Å²) in [5, 5.41) is 6.84. The van der Waals surface area contributed by atoms with Gasteiger partial charge in [-0.3, -0.25) is 4.79 Å². The number of carbonyl (C=O) groups excluding carboxylic acids is 1. The van der Waals surface area contributed by atoms with Crippen LogP contribution in [0.4, 0.5) is 5.69 Å². The number of nitrogens with one attached hydrogen (secondary N) is 2. The first-order chi connectivity index (χ1) is 13.2. The van der Waals surface area contributed by atoms with Crippen molar-refractivity contribution in [3.05, 3.63) is 29.8 Å². The average Bonchev–Trinajstić information content (AvgIpc) is 3.33. The van der Waals surface area contributed by atoms with Crippen molar-refractivity contribution in [2.45, 2.75) is 39.7 Å². The highest BCUT2D eigenvalue weighted by atomic mass is 127. The van der Waals surface area contributed by atoms with Gasteiger partial charge in [-0.15, -0.1) is 24.0 Å². The predicted molar refractivity (Wildman–Crippen MR) is 126 cm³/mol. The zero-order valence-electron chi connectivity index (χ0n) is 17.1. The standard InChI is InChI=1S/C21H33N5O.HI/c1-3-22-21(24-15-18-11-13-25(4-2)16-18)23-14-17-7-9-19(10-8-17)26-12-5-6-20(26)27;/h7-10,18H,3-6,11-16H2,1-2H3,(H2,22,23,24);1H. The summed E-state index contributed by atoms with van der Waals surface area (Å²) in [5.74, 6) is 1.81. The van der Waals surface area contributed by atoms with E-state index in [-0.39, 0.29) is 29.9 Å². The SMILES string of the molecule is CCNC(=NCc1ccc(N2CCCC2=O)cc1)NCC1CCN(CC)C1.I. The van der Waals surface area contributed by atoms with Crippen LogP contribution >= 0.6 is 24.0 Å². The molecule has 2 aliphatic heterocycles. The van der Waals surface area contributed by atoms with Gasteiger partial charge in [0.1, 0.15) is 0 Å². The van der Waals surface area contributed by atoms with Crippen molar-refractivity contribution in [1.29, 1.82) is 0 Å². The lowest BCUT2D eigenvalue weighted by Crippen LogP contribution is -2.40. The Labute approximate surface area is 186 Å². The molecule has 7 heteroatoms. The highest BCUT2D eigenvalue weighted by Gasteiger charge is 2.22. The van der Waals surface area contributed by atoms with Gasteiger partial charge in [0.05, 0.1) is 6.54 Å². The maximum Gasteiger partial charge on any atom is 0.227 e. The number of carbonyl (C=O) groups is 1. The molecule has 1 amide bonds. The Bertz CT molecular complexity index is 649. The lowest BCUT2D eigenvalue weighted by Gasteiger charge is -2.17. The fraction of sp³-hybridized carbons (Fsp3) is 0.619. The zero-order valence-corrected chi connectivity index (χ0v) is 19.4. The second-order valence-corrected chi connectivity index (χ2v) is 7.44. The molecule has 1 atom stereocenters. The molecular weight excluding hydrogens is 465 g/mol. The number of anilines is 1. The number of hydrogen-bond acceptors (Lipinski definition) is 3. The third-order valence-electron chi connectivity index (χ3n) is 5.46. The summed E-state index contributed by atoms with van der Waals surface area (Å²) in [6.45, 7) is 11.1. The van der Waals surface area contributed by atoms with Crippen molar-refractivity contribution >= 4 is 41.5 Å². The van der Waals surface area contributed by atoms with Gasteiger partial charge in [0.25, 0.3) is 0 Å². The van der Waals surface area contributed by atoms with E-state index in [1.807, 2.05) is 17.0 Å². The Hall–Kier alpha value is -1.35. The molecule has 2 saturated heterocycles. The number of likely N-dealkylation sites (tertiary alicyclic amines) is 1. The van der Waals surface area contributed by atoms with Crippen molar-refractivity contribution in [2.75, 3.05) is 44.2 Å². The fourth-order valence-electron chi connectivity index (χ4n) is 3.82. The van der Waals surface area contributed by atoms with E-state index in [2.05, 4.69) is 41.5 Å². The molecule has 6 nitrogen and oxygen atoms in total. The smallest absolute Gasteiger partial charge is 0.227 e. The van der Waals surface area contributed by atoms with Crippen LogP contribution in [0.25, 0.3) is 0 Å². The van der Waals surface area contributed by atoms with Crippen molar-refractivity contribution in [3.63, 3.8) is 0 Å². The van der Waals surface area contributed by atoms with E-state index in [0.717, 1.165) is 49.8 Å². The molecule has 2 N–H and O–H groups in total. The molecule has 0 saturated carbocycles. The quantitative estimate of drug-likeness (QED) is 0.344. The Balaban J connectivity index is 0.00000280. The second-order valence-electron chi connectivity index (χ2n) is 7.44. The van der Waals surface area contributed by atoms with Gasteiger partial charge in [-0.05, 0) is 56.5 Å². The van der Waals surface area contributed by atoms with Gasteiger partial charge in [-0.2, -0.15) is 0 Å². The first kappa shape index (κ1) is 22.9. The topological polar surface area (TPSA) is 60.0 Å². The van der Waals surface area contributed by atoms with E-state index in [0.29, 0.717) is 18.9 Å². The van der Waals surface area contributed by atoms with E-state index in [4.69, 9.17) is 4.99 Å². The van der Waals surface area contributed by atoms with E-state index >= 15 is 0 Å². The summed E-state index contributed by atoms with van der Waals surface area (Å²) in [5.41, 5.74) is 2.15. The van der Waals surface area contributed by atoms with Crippen LogP contribution in [0, 0.1) is 5.92 Å². The number of benzene rings is 1. The van der Waals surface area contributed by atoms with Crippen molar-refractivity contribution < 1.29 is 4.79 Å². The molecule has 0 spiro atoms. The van der Waals surface area contributed by atoms with Crippen LogP contribution in [0.5, 0.6) is 0 Å². The predicted octanol–water partition coefficient (Wildman–Crippen LogP) is 2.83. The summed E-state index contributed by atoms with van der Waals surface area (Å²) >= 11 is 0. The molecule has 0 radical (unpaired) electrons. The molecule has 2 fully saturated rings. The number of guanidine groups is 1. The monoisotopic (exact) mass is 499 g/mol. The van der Waals surface area contributed by atoms with E-state index in [9.17, 15) is 4.79 Å². The Morgan fingerprint density at radius 2 is 1.96 bits per heavy atom. The number of nitrogens with zero attached hydrogens (tertiary/aromatic N) is 3. The van der Waals surface area contributed by atoms with Gasteiger partial charge in [0.2, 0.25) is 5.91 Å². The lowest BCUT2D eigenvalue weighted by atomic mass is 10.1. The van der Waals surface area contributed by atoms with Crippen LogP contribution < -0.4 is 15.5 Å². The molecule has 156 valence electrons. The first-order valence-electron chi connectivity index (χ1n) is 10.3. The summed E-state index contributed by atoms with van der Waals surface area (Å²) < 4.78 is 0. The molecule has 0 aromatic heterocycles. The number of aliphatic imine (C=N–C) groups is 1. The molecular formula is C21H34IN5O. The third-order valence-corrected chi connectivity index (χ3v) is 5.46. The normalized spacial score (nSPS) is 20.4. The molecule has 1 aromatic rings. The molecule has 1 aromatic carbocycles. The molecule has 2 aliphatic rings. The highest BCUT2D eigenvalue weighted by molar-refractivity contribution is 14.0. The van der Waals surface area contributed by atoms with Crippen LogP contribution in [-0.4, -0.2) is 56.0 Å². The van der Waals surface area contributed by atoms with Crippen molar-refractivity contribution in [2.24, 2.45) is 10.9 Å². The number of rotatable bonds is 7. The van der Waals surface area contributed by atoms with Gasteiger partial charge in [0.15, 0.2) is 5.96 Å². The van der Waals surface area contributed by atoms with Gasteiger partial charge >= 0.3 is 0 Å². The summed E-state index contributed by atoms with van der Waals surface area (Å²) in [6.07, 6.45) is 2.89. The second kappa shape index (κ2) is 11.6. The molecule has 0 aliphatic carbocycles. The molecule has 1 unspecified atom stereocenters. The first-order valence-corrected chi connectivity index (χ1v) is 10.3. The van der Waals surface area contributed by atoms with Crippen molar-refractivity contribution in [3.8, 4) is 0 Å². The van der Waals surface area contributed by atoms with Crippen LogP contribution in [0.2, 0.25) is 0 Å². The molecule has 3 rings (SSSR count). The molecule has 2 heterocycles. The fourth-order valence-corrected chi connectivity index (χ4v) is 3.82. The largest absolute Gasteiger partial charge is 0.357 e. The minimum atomic E-state index is 0. The summed E-state index contributed by atoms with van der Waals surface area (Å²) in [7, 11) is 0. The maximum absolute atomic E-state index is 11.9. The van der Waals surface area contributed by atoms with E-state index < -0.39 is 0 Å². The van der Waals surface area contributed by atoms with Crippen molar-refractivity contribution in [1.82, 2.24) is 15.5 Å². The zero-order chi connectivity index (χ0) is 19.1. The van der Waals surface area contributed by atoms with Gasteiger partial charge in [-0.25, -0.2) is 4.99 Å². The van der Waals surface area contributed by atoms with Crippen LogP contribution in [0.3, 0.4) is 0 Å². The van der Waals surface area contributed by atoms with E-state index in [1.165, 1.54) is 19.5 Å². The molecule has 28 heavy (non-hydrogen) atoms. The van der Waals surface area contributed by atoms with Crippen LogP contribution in [-0.2, 0) is 11.3 Å². The highest BCUT2D eigenvalue weighted by Crippen LogP contribution is 2.21. The average molecular weight is 499 g/mol. The Morgan fingerprint density at radius 3 is 2.57 bits per heavy atom. The number of hydrogen-bond donors (Lipinski definition) is 2. The third kappa shape index (κ3) is 6.34. The Morgan fingerprint density at radius 1 is 1.18 bits per heavy atom. The van der Waals surface area contributed by atoms with Gasteiger partial charge < -0.3 is 20.4 Å². The minimum absolute atomic E-state index is 0. The van der Waals surface area contributed by atoms with Gasteiger partial charge in [-0.1, -0.05) is 19.1 Å². The molecule has 0 bridgehead atoms. The van der Waals surface area contributed by atoms with Gasteiger partial charge in [0, 0.05) is 38.3 Å². The summed E-state index contributed by atoms with van der Waals surface area (Å²) in [4.78, 5) is 21.0. The maximum atomic E-state index is 11.9. The minimum Gasteiger partial charge on any atom is -0.357 e. The summed E-state index contributed by atoms with van der Waals surface area (Å²) in [6, 6.07) is 8.22. The van der Waals surface area contributed by atoms with Crippen LogP contribution in [0.15, 0.2) is 29.3 Å². The van der Waals surface area contributed by atoms with Crippen LogP contribution in [0.1, 0.15) is 38.7 Å². The number of halogens is 1. The lowest BCUT2D eigenvalue weighted by molar-refractivity contribution is -0.117. The Kier molecular flexibility index (Phi) is 9.50. The van der Waals surface area contributed by atoms with E-state index in [1.54, 1.807) is 0 Å².